The predicted molar refractivity (Wildman–Crippen MR) is 118 cm³/mol. The van der Waals surface area contributed by atoms with E-state index in [0.29, 0.717) is 23.1 Å². The molecule has 1 aromatic heterocycles. The largest absolute Gasteiger partial charge is 0.369 e. The van der Waals surface area contributed by atoms with Gasteiger partial charge in [-0.15, -0.1) is 0 Å². The van der Waals surface area contributed by atoms with Crippen molar-refractivity contribution in [3.05, 3.63) is 63.9 Å². The lowest BCUT2D eigenvalue weighted by Crippen LogP contribution is -2.20. The van der Waals surface area contributed by atoms with Crippen LogP contribution in [0.4, 0.5) is 5.82 Å². The summed E-state index contributed by atoms with van der Waals surface area (Å²) in [6.07, 6.45) is 1.03. The zero-order chi connectivity index (χ0) is 19.9. The highest BCUT2D eigenvalue weighted by molar-refractivity contribution is 6.34. The van der Waals surface area contributed by atoms with E-state index in [2.05, 4.69) is 21.6 Å². The van der Waals surface area contributed by atoms with Crippen molar-refractivity contribution >= 4 is 39.9 Å². The highest BCUT2D eigenvalue weighted by Crippen LogP contribution is 2.22. The average molecular weight is 418 g/mol. The van der Waals surface area contributed by atoms with Gasteiger partial charge in [-0.05, 0) is 63.0 Å². The molecule has 0 radical (unpaired) electrons. The van der Waals surface area contributed by atoms with Crippen molar-refractivity contribution in [1.82, 2.24) is 20.2 Å². The molecule has 0 saturated carbocycles. The number of hydrogen-bond acceptors (Lipinski definition) is 5. The molecule has 2 aromatic carbocycles. The number of nitrogens with zero attached hydrogens (tertiary/aromatic N) is 3. The number of rotatable bonds is 9. The van der Waals surface area contributed by atoms with Gasteiger partial charge in [0.05, 0.1) is 12.1 Å². The molecule has 0 spiro atoms. The molecular weight excluding hydrogens is 393 g/mol. The molecule has 148 valence electrons. The standard InChI is InChI=1S/C21H25Cl2N5/c1-24-8-5-9-25-21-18-6-3-4-7-19(18)26-20(27-21)14-28(2)13-15-10-16(22)12-17(23)11-15/h3-4,6-7,10-12,24H,5,8-9,13-14H2,1-2H3,(H,25,26,27). The van der Waals surface area contributed by atoms with Crippen LogP contribution < -0.4 is 10.6 Å². The summed E-state index contributed by atoms with van der Waals surface area (Å²) in [5.41, 5.74) is 2.01. The van der Waals surface area contributed by atoms with Crippen LogP contribution >= 0.6 is 23.2 Å². The Balaban J connectivity index is 1.76. The Morgan fingerprint density at radius 1 is 0.964 bits per heavy atom. The second-order valence-corrected chi connectivity index (χ2v) is 7.71. The lowest BCUT2D eigenvalue weighted by atomic mass is 10.2. The normalized spacial score (nSPS) is 11.3. The van der Waals surface area contributed by atoms with Gasteiger partial charge < -0.3 is 10.6 Å². The van der Waals surface area contributed by atoms with Crippen molar-refractivity contribution in [2.75, 3.05) is 32.5 Å². The summed E-state index contributed by atoms with van der Waals surface area (Å²) in [5.74, 6) is 1.67. The van der Waals surface area contributed by atoms with Crippen LogP contribution in [0.2, 0.25) is 10.0 Å². The Bertz CT molecular complexity index is 912. The minimum atomic E-state index is 0.625. The minimum absolute atomic E-state index is 0.625. The Kier molecular flexibility index (Phi) is 7.45. The summed E-state index contributed by atoms with van der Waals surface area (Å²) in [7, 11) is 3.99. The maximum absolute atomic E-state index is 6.11. The van der Waals surface area contributed by atoms with Crippen molar-refractivity contribution in [3.8, 4) is 0 Å². The van der Waals surface area contributed by atoms with Crippen molar-refractivity contribution < 1.29 is 0 Å². The molecule has 0 bridgehead atoms. The highest BCUT2D eigenvalue weighted by Gasteiger charge is 2.10. The monoisotopic (exact) mass is 417 g/mol. The molecule has 1 heterocycles. The van der Waals surface area contributed by atoms with E-state index in [-0.39, 0.29) is 0 Å². The van der Waals surface area contributed by atoms with E-state index in [1.165, 1.54) is 0 Å². The number of fused-ring (bicyclic) bond motifs is 1. The lowest BCUT2D eigenvalue weighted by Gasteiger charge is -2.17. The first-order valence-corrected chi connectivity index (χ1v) is 10.1. The fraction of sp³-hybridized carbons (Fsp3) is 0.333. The summed E-state index contributed by atoms with van der Waals surface area (Å²) < 4.78 is 0. The molecule has 7 heteroatoms. The Morgan fingerprint density at radius 2 is 1.71 bits per heavy atom. The smallest absolute Gasteiger partial charge is 0.145 e. The molecule has 28 heavy (non-hydrogen) atoms. The van der Waals surface area contributed by atoms with Gasteiger partial charge in [0.1, 0.15) is 11.6 Å². The van der Waals surface area contributed by atoms with E-state index in [4.69, 9.17) is 33.2 Å². The van der Waals surface area contributed by atoms with E-state index < -0.39 is 0 Å². The third kappa shape index (κ3) is 5.79. The molecule has 3 rings (SSSR count). The molecular formula is C21H25Cl2N5. The summed E-state index contributed by atoms with van der Waals surface area (Å²) in [6.45, 7) is 3.16. The van der Waals surface area contributed by atoms with Crippen LogP contribution in [0.5, 0.6) is 0 Å². The summed E-state index contributed by atoms with van der Waals surface area (Å²) in [6, 6.07) is 13.7. The Hall–Kier alpha value is -1.92. The fourth-order valence-corrected chi connectivity index (χ4v) is 3.68. The third-order valence-electron chi connectivity index (χ3n) is 4.33. The SMILES string of the molecule is CNCCCNc1nc(CN(C)Cc2cc(Cl)cc(Cl)c2)nc2ccccc12. The van der Waals surface area contributed by atoms with Crippen molar-refractivity contribution in [2.45, 2.75) is 19.5 Å². The first-order chi connectivity index (χ1) is 13.5. The van der Waals surface area contributed by atoms with Gasteiger partial charge in [0, 0.05) is 28.5 Å². The molecule has 0 amide bonds. The van der Waals surface area contributed by atoms with Crippen LogP contribution in [0.1, 0.15) is 17.8 Å². The van der Waals surface area contributed by atoms with Gasteiger partial charge in [0.25, 0.3) is 0 Å². The number of aromatic nitrogens is 2. The number of benzene rings is 2. The topological polar surface area (TPSA) is 53.1 Å². The van der Waals surface area contributed by atoms with Crippen LogP contribution in [-0.4, -0.2) is 42.1 Å². The van der Waals surface area contributed by atoms with Crippen LogP contribution in [0.3, 0.4) is 0 Å². The second kappa shape index (κ2) is 10.0. The highest BCUT2D eigenvalue weighted by atomic mass is 35.5. The predicted octanol–water partition coefficient (Wildman–Crippen LogP) is 4.59. The maximum Gasteiger partial charge on any atom is 0.145 e. The van der Waals surface area contributed by atoms with Gasteiger partial charge >= 0.3 is 0 Å². The van der Waals surface area contributed by atoms with E-state index in [1.807, 2.05) is 44.4 Å². The summed E-state index contributed by atoms with van der Waals surface area (Å²) in [4.78, 5) is 11.7. The fourth-order valence-electron chi connectivity index (χ4n) is 3.11. The lowest BCUT2D eigenvalue weighted by molar-refractivity contribution is 0.311. The first-order valence-electron chi connectivity index (χ1n) is 9.33. The maximum atomic E-state index is 6.11. The zero-order valence-electron chi connectivity index (χ0n) is 16.2. The van der Waals surface area contributed by atoms with Crippen LogP contribution in [0, 0.1) is 0 Å². The Labute approximate surface area is 176 Å². The van der Waals surface area contributed by atoms with Crippen LogP contribution in [-0.2, 0) is 13.1 Å². The zero-order valence-corrected chi connectivity index (χ0v) is 17.7. The number of anilines is 1. The second-order valence-electron chi connectivity index (χ2n) is 6.84. The van der Waals surface area contributed by atoms with Gasteiger partial charge in [-0.25, -0.2) is 9.97 Å². The number of halogens is 2. The number of para-hydroxylation sites is 1. The van der Waals surface area contributed by atoms with Crippen LogP contribution in [0.15, 0.2) is 42.5 Å². The molecule has 0 aliphatic heterocycles. The molecule has 0 aliphatic carbocycles. The summed E-state index contributed by atoms with van der Waals surface area (Å²) in [5, 5.41) is 8.95. The number of hydrogen-bond donors (Lipinski definition) is 2. The van der Waals surface area contributed by atoms with Crippen molar-refractivity contribution in [3.63, 3.8) is 0 Å². The molecule has 3 aromatic rings. The van der Waals surface area contributed by atoms with Gasteiger partial charge in [0.15, 0.2) is 0 Å². The quantitative estimate of drug-likeness (QED) is 0.498. The molecule has 0 saturated heterocycles. The Morgan fingerprint density at radius 3 is 2.46 bits per heavy atom. The first kappa shape index (κ1) is 20.8. The van der Waals surface area contributed by atoms with Crippen molar-refractivity contribution in [1.29, 1.82) is 0 Å². The van der Waals surface area contributed by atoms with E-state index in [0.717, 1.165) is 47.6 Å². The van der Waals surface area contributed by atoms with Gasteiger partial charge in [-0.1, -0.05) is 35.3 Å². The summed E-state index contributed by atoms with van der Waals surface area (Å²) >= 11 is 12.2. The molecule has 5 nitrogen and oxygen atoms in total. The molecule has 0 fully saturated rings. The molecule has 0 unspecified atom stereocenters. The third-order valence-corrected chi connectivity index (χ3v) is 4.77. The van der Waals surface area contributed by atoms with E-state index in [1.54, 1.807) is 6.07 Å². The molecule has 0 atom stereocenters. The van der Waals surface area contributed by atoms with Crippen molar-refractivity contribution in [2.24, 2.45) is 0 Å². The molecule has 0 aliphatic rings. The average Bonchev–Trinajstić information content (AvgIpc) is 2.64. The van der Waals surface area contributed by atoms with E-state index in [9.17, 15) is 0 Å². The van der Waals surface area contributed by atoms with Gasteiger partial charge in [-0.3, -0.25) is 4.90 Å². The van der Waals surface area contributed by atoms with Gasteiger partial charge in [0.2, 0.25) is 0 Å². The van der Waals surface area contributed by atoms with Gasteiger partial charge in [-0.2, -0.15) is 0 Å². The van der Waals surface area contributed by atoms with Crippen LogP contribution in [0.25, 0.3) is 10.9 Å². The minimum Gasteiger partial charge on any atom is -0.369 e. The number of nitrogens with one attached hydrogen (secondary N) is 2. The van der Waals surface area contributed by atoms with E-state index >= 15 is 0 Å². The molecule has 2 N–H and O–H groups in total.